The van der Waals surface area contributed by atoms with Crippen LogP contribution in [0, 0.1) is 11.3 Å². The standard InChI is InChI=1S/C12H9N3O/c13-8-11-2-1-7-15(12(11)16)9-10-3-5-14-6-4-10/h1-7H,9H2. The first-order valence-electron chi connectivity index (χ1n) is 4.80. The smallest absolute Gasteiger partial charge is 0.268 e. The molecule has 2 rings (SSSR count). The van der Waals surface area contributed by atoms with Crippen molar-refractivity contribution in [2.45, 2.75) is 6.54 Å². The van der Waals surface area contributed by atoms with Gasteiger partial charge in [-0.05, 0) is 29.8 Å². The number of hydrogen-bond acceptors (Lipinski definition) is 3. The highest BCUT2D eigenvalue weighted by Crippen LogP contribution is 1.99. The van der Waals surface area contributed by atoms with Gasteiger partial charge >= 0.3 is 0 Å². The van der Waals surface area contributed by atoms with Crippen LogP contribution in [0.5, 0.6) is 0 Å². The molecule has 0 saturated heterocycles. The lowest BCUT2D eigenvalue weighted by atomic mass is 10.2. The van der Waals surface area contributed by atoms with Crippen LogP contribution < -0.4 is 5.56 Å². The molecule has 0 fully saturated rings. The Bertz CT molecular complexity index is 581. The first-order chi connectivity index (χ1) is 7.81. The lowest BCUT2D eigenvalue weighted by Gasteiger charge is -2.04. The van der Waals surface area contributed by atoms with Crippen LogP contribution in [0.4, 0.5) is 0 Å². The summed E-state index contributed by atoms with van der Waals surface area (Å²) < 4.78 is 1.51. The molecule has 0 aliphatic heterocycles. The molecule has 0 radical (unpaired) electrons. The van der Waals surface area contributed by atoms with Crippen molar-refractivity contribution in [3.63, 3.8) is 0 Å². The predicted octanol–water partition coefficient (Wildman–Crippen LogP) is 1.16. The molecule has 0 unspecified atom stereocenters. The molecule has 78 valence electrons. The van der Waals surface area contributed by atoms with Crippen molar-refractivity contribution in [1.82, 2.24) is 9.55 Å². The monoisotopic (exact) mass is 211 g/mol. The van der Waals surface area contributed by atoms with E-state index in [1.807, 2.05) is 18.2 Å². The zero-order valence-corrected chi connectivity index (χ0v) is 8.50. The fourth-order valence-corrected chi connectivity index (χ4v) is 1.43. The fraction of sp³-hybridized carbons (Fsp3) is 0.0833. The SMILES string of the molecule is N#Cc1cccn(Cc2ccncc2)c1=O. The topological polar surface area (TPSA) is 58.7 Å². The van der Waals surface area contributed by atoms with Gasteiger partial charge in [-0.25, -0.2) is 0 Å². The van der Waals surface area contributed by atoms with Crippen molar-refractivity contribution in [1.29, 1.82) is 5.26 Å². The highest BCUT2D eigenvalue weighted by atomic mass is 16.1. The van der Waals surface area contributed by atoms with Crippen molar-refractivity contribution in [3.05, 3.63) is 64.3 Å². The molecule has 2 aromatic rings. The molecule has 0 amide bonds. The van der Waals surface area contributed by atoms with E-state index in [2.05, 4.69) is 4.98 Å². The van der Waals surface area contributed by atoms with Gasteiger partial charge in [-0.2, -0.15) is 5.26 Å². The van der Waals surface area contributed by atoms with E-state index >= 15 is 0 Å². The van der Waals surface area contributed by atoms with Gasteiger partial charge in [0.1, 0.15) is 11.6 Å². The summed E-state index contributed by atoms with van der Waals surface area (Å²) in [6.45, 7) is 0.455. The number of hydrogen-bond donors (Lipinski definition) is 0. The maximum atomic E-state index is 11.7. The van der Waals surface area contributed by atoms with E-state index in [9.17, 15) is 4.79 Å². The third kappa shape index (κ3) is 1.98. The maximum Gasteiger partial charge on any atom is 0.268 e. The van der Waals surface area contributed by atoms with E-state index in [0.29, 0.717) is 6.54 Å². The first kappa shape index (κ1) is 10.1. The normalized spacial score (nSPS) is 9.69. The zero-order chi connectivity index (χ0) is 11.4. The molecule has 0 bridgehead atoms. The van der Waals surface area contributed by atoms with Gasteiger partial charge in [0.25, 0.3) is 5.56 Å². The molecule has 16 heavy (non-hydrogen) atoms. The van der Waals surface area contributed by atoms with Crippen LogP contribution in [-0.4, -0.2) is 9.55 Å². The molecule has 4 nitrogen and oxygen atoms in total. The molecule has 0 saturated carbocycles. The Morgan fingerprint density at radius 3 is 2.75 bits per heavy atom. The quantitative estimate of drug-likeness (QED) is 0.749. The van der Waals surface area contributed by atoms with Crippen LogP contribution in [0.3, 0.4) is 0 Å². The average molecular weight is 211 g/mol. The number of aromatic nitrogens is 2. The van der Waals surface area contributed by atoms with Gasteiger partial charge in [-0.3, -0.25) is 9.78 Å². The number of rotatable bonds is 2. The molecule has 0 aliphatic rings. The largest absolute Gasteiger partial charge is 0.310 e. The summed E-state index contributed by atoms with van der Waals surface area (Å²) >= 11 is 0. The summed E-state index contributed by atoms with van der Waals surface area (Å²) in [6.07, 6.45) is 5.02. The lowest BCUT2D eigenvalue weighted by Crippen LogP contribution is -2.22. The molecular formula is C12H9N3O. The van der Waals surface area contributed by atoms with Crippen LogP contribution in [0.1, 0.15) is 11.1 Å². The molecule has 2 heterocycles. The van der Waals surface area contributed by atoms with Crippen LogP contribution in [0.15, 0.2) is 47.7 Å². The molecule has 0 spiro atoms. The number of nitriles is 1. The summed E-state index contributed by atoms with van der Waals surface area (Å²) in [5.41, 5.74) is 0.880. The second kappa shape index (κ2) is 4.41. The van der Waals surface area contributed by atoms with Gasteiger partial charge in [0.15, 0.2) is 0 Å². The molecule has 0 N–H and O–H groups in total. The lowest BCUT2D eigenvalue weighted by molar-refractivity contribution is 0.755. The minimum atomic E-state index is -0.262. The summed E-state index contributed by atoms with van der Waals surface area (Å²) in [5, 5.41) is 8.74. The Hall–Kier alpha value is -2.41. The highest BCUT2D eigenvalue weighted by molar-refractivity contribution is 5.25. The maximum absolute atomic E-state index is 11.7. The minimum Gasteiger partial charge on any atom is -0.310 e. The van der Waals surface area contributed by atoms with Crippen molar-refractivity contribution in [2.75, 3.05) is 0 Å². The Balaban J connectivity index is 2.37. The van der Waals surface area contributed by atoms with Crippen molar-refractivity contribution in [2.24, 2.45) is 0 Å². The Morgan fingerprint density at radius 1 is 1.31 bits per heavy atom. The minimum absolute atomic E-state index is 0.163. The molecule has 2 aromatic heterocycles. The van der Waals surface area contributed by atoms with E-state index in [1.165, 1.54) is 10.6 Å². The molecule has 0 atom stereocenters. The van der Waals surface area contributed by atoms with E-state index in [1.54, 1.807) is 24.7 Å². The van der Waals surface area contributed by atoms with Crippen LogP contribution >= 0.6 is 0 Å². The van der Waals surface area contributed by atoms with Crippen molar-refractivity contribution >= 4 is 0 Å². The van der Waals surface area contributed by atoms with Gasteiger partial charge in [0.05, 0.1) is 6.54 Å². The summed E-state index contributed by atoms with van der Waals surface area (Å²) in [7, 11) is 0. The van der Waals surface area contributed by atoms with Gasteiger partial charge in [0.2, 0.25) is 0 Å². The number of pyridine rings is 2. The van der Waals surface area contributed by atoms with Gasteiger partial charge in [-0.1, -0.05) is 0 Å². The molecule has 4 heteroatoms. The molecule has 0 aromatic carbocycles. The van der Waals surface area contributed by atoms with Gasteiger partial charge in [0, 0.05) is 18.6 Å². The third-order valence-electron chi connectivity index (χ3n) is 2.24. The second-order valence-electron chi connectivity index (χ2n) is 3.32. The first-order valence-corrected chi connectivity index (χ1v) is 4.80. The Labute approximate surface area is 92.4 Å². The zero-order valence-electron chi connectivity index (χ0n) is 8.50. The molecule has 0 aliphatic carbocycles. The highest BCUT2D eigenvalue weighted by Gasteiger charge is 2.02. The van der Waals surface area contributed by atoms with E-state index in [0.717, 1.165) is 5.56 Å². The summed E-state index contributed by atoms with van der Waals surface area (Å²) in [5.74, 6) is 0. The second-order valence-corrected chi connectivity index (χ2v) is 3.32. The summed E-state index contributed by atoms with van der Waals surface area (Å²) in [4.78, 5) is 15.6. The third-order valence-corrected chi connectivity index (χ3v) is 2.24. The molecular weight excluding hydrogens is 202 g/mol. The van der Waals surface area contributed by atoms with Gasteiger partial charge in [-0.15, -0.1) is 0 Å². The van der Waals surface area contributed by atoms with Crippen LogP contribution in [0.2, 0.25) is 0 Å². The Morgan fingerprint density at radius 2 is 2.06 bits per heavy atom. The van der Waals surface area contributed by atoms with Crippen molar-refractivity contribution < 1.29 is 0 Å². The van der Waals surface area contributed by atoms with Crippen LogP contribution in [0.25, 0.3) is 0 Å². The average Bonchev–Trinajstić information content (AvgIpc) is 2.33. The van der Waals surface area contributed by atoms with Crippen molar-refractivity contribution in [3.8, 4) is 6.07 Å². The van der Waals surface area contributed by atoms with Gasteiger partial charge < -0.3 is 4.57 Å². The van der Waals surface area contributed by atoms with E-state index in [-0.39, 0.29) is 11.1 Å². The summed E-state index contributed by atoms with van der Waals surface area (Å²) in [6, 6.07) is 8.77. The van der Waals surface area contributed by atoms with E-state index < -0.39 is 0 Å². The van der Waals surface area contributed by atoms with Crippen LogP contribution in [-0.2, 0) is 6.54 Å². The fourth-order valence-electron chi connectivity index (χ4n) is 1.43. The van der Waals surface area contributed by atoms with E-state index in [4.69, 9.17) is 5.26 Å². The Kier molecular flexibility index (Phi) is 2.79. The predicted molar refractivity (Wildman–Crippen MR) is 58.8 cm³/mol. The number of nitrogens with zero attached hydrogens (tertiary/aromatic N) is 3.